The molecule has 1 aromatic rings. The van der Waals surface area contributed by atoms with Crippen LogP contribution in [-0.4, -0.2) is 45.2 Å². The number of carbonyl (C=O) groups is 1. The first-order valence-corrected chi connectivity index (χ1v) is 8.99. The number of amides is 2. The highest BCUT2D eigenvalue weighted by Crippen LogP contribution is 2.17. The summed E-state index contributed by atoms with van der Waals surface area (Å²) in [7, 11) is -3.22. The fraction of sp³-hybridized carbons (Fsp3) is 0.500. The molecule has 1 fully saturated rings. The number of carbonyl (C=O) groups excluding carboxylic acids is 1. The maximum Gasteiger partial charge on any atom is 0.321 e. The third-order valence-electron chi connectivity index (χ3n) is 3.54. The number of nitrogens with one attached hydrogen (secondary N) is 2. The summed E-state index contributed by atoms with van der Waals surface area (Å²) in [6, 6.07) is 5.31. The lowest BCUT2D eigenvalue weighted by molar-refractivity contribution is 0.178. The van der Waals surface area contributed by atoms with Crippen molar-refractivity contribution in [1.82, 2.24) is 9.62 Å². The summed E-state index contributed by atoms with van der Waals surface area (Å²) in [6.07, 6.45) is 2.82. The molecule has 6 nitrogen and oxygen atoms in total. The van der Waals surface area contributed by atoms with E-state index < -0.39 is 10.0 Å². The maximum absolute atomic E-state index is 12.8. The molecule has 2 amide bonds. The molecule has 1 aliphatic rings. The number of halogens is 1. The van der Waals surface area contributed by atoms with E-state index in [0.29, 0.717) is 25.3 Å². The first-order chi connectivity index (χ1) is 10.3. The molecule has 0 radical (unpaired) electrons. The zero-order valence-electron chi connectivity index (χ0n) is 12.4. The lowest BCUT2D eigenvalue weighted by Gasteiger charge is -2.32. The van der Waals surface area contributed by atoms with E-state index in [-0.39, 0.29) is 17.8 Å². The van der Waals surface area contributed by atoms with Crippen LogP contribution in [0.4, 0.5) is 14.9 Å². The van der Waals surface area contributed by atoms with Crippen LogP contribution in [0.1, 0.15) is 12.8 Å². The summed E-state index contributed by atoms with van der Waals surface area (Å²) in [4.78, 5) is 13.8. The molecule has 0 bridgehead atoms. The van der Waals surface area contributed by atoms with Gasteiger partial charge in [0.1, 0.15) is 5.82 Å². The SMILES string of the molecule is CS(=O)(=O)NC[C@@H]1CCCN(C(=O)Nc2ccc(F)cc2)C1. The molecule has 0 aliphatic carbocycles. The van der Waals surface area contributed by atoms with E-state index in [2.05, 4.69) is 10.0 Å². The Labute approximate surface area is 129 Å². The Hall–Kier alpha value is -1.67. The molecule has 1 aromatic carbocycles. The molecule has 2 rings (SSSR count). The topological polar surface area (TPSA) is 78.5 Å². The highest BCUT2D eigenvalue weighted by Gasteiger charge is 2.24. The van der Waals surface area contributed by atoms with Crippen LogP contribution in [0.2, 0.25) is 0 Å². The summed E-state index contributed by atoms with van der Waals surface area (Å²) in [5.41, 5.74) is 0.530. The average molecular weight is 329 g/mol. The van der Waals surface area contributed by atoms with Crippen LogP contribution in [0, 0.1) is 11.7 Å². The molecule has 1 heterocycles. The van der Waals surface area contributed by atoms with E-state index in [1.165, 1.54) is 24.3 Å². The van der Waals surface area contributed by atoms with Crippen LogP contribution in [-0.2, 0) is 10.0 Å². The molecule has 1 saturated heterocycles. The molecule has 1 aliphatic heterocycles. The van der Waals surface area contributed by atoms with Crippen molar-refractivity contribution in [2.75, 3.05) is 31.2 Å². The van der Waals surface area contributed by atoms with Crippen LogP contribution in [0.15, 0.2) is 24.3 Å². The van der Waals surface area contributed by atoms with Gasteiger partial charge in [0.15, 0.2) is 0 Å². The summed E-state index contributed by atoms with van der Waals surface area (Å²) in [5, 5.41) is 2.71. The molecule has 122 valence electrons. The summed E-state index contributed by atoms with van der Waals surface area (Å²) in [5.74, 6) is -0.259. The van der Waals surface area contributed by atoms with E-state index in [1.807, 2.05) is 0 Å². The molecule has 22 heavy (non-hydrogen) atoms. The zero-order valence-corrected chi connectivity index (χ0v) is 13.2. The number of benzene rings is 1. The molecule has 0 aromatic heterocycles. The molecule has 0 unspecified atom stereocenters. The van der Waals surface area contributed by atoms with Crippen LogP contribution in [0.3, 0.4) is 0 Å². The van der Waals surface area contributed by atoms with Crippen molar-refractivity contribution in [3.05, 3.63) is 30.1 Å². The van der Waals surface area contributed by atoms with Crippen LogP contribution >= 0.6 is 0 Å². The van der Waals surface area contributed by atoms with E-state index in [0.717, 1.165) is 19.1 Å². The smallest absolute Gasteiger partial charge is 0.321 e. The van der Waals surface area contributed by atoms with Gasteiger partial charge in [0.25, 0.3) is 0 Å². The van der Waals surface area contributed by atoms with Crippen LogP contribution in [0.5, 0.6) is 0 Å². The van der Waals surface area contributed by atoms with Crippen molar-refractivity contribution in [1.29, 1.82) is 0 Å². The Kier molecular flexibility index (Phi) is 5.36. The molecule has 2 N–H and O–H groups in total. The summed E-state index contributed by atoms with van der Waals surface area (Å²) in [6.45, 7) is 1.46. The van der Waals surface area contributed by atoms with Gasteiger partial charge in [-0.3, -0.25) is 0 Å². The third kappa shape index (κ3) is 5.27. The fourth-order valence-corrected chi connectivity index (χ4v) is 2.96. The predicted octanol–water partition coefficient (Wildman–Crippen LogP) is 1.62. The molecule has 1 atom stereocenters. The highest BCUT2D eigenvalue weighted by atomic mass is 32.2. The number of sulfonamides is 1. The van der Waals surface area contributed by atoms with Crippen molar-refractivity contribution < 1.29 is 17.6 Å². The van der Waals surface area contributed by atoms with Crippen molar-refractivity contribution in [3.63, 3.8) is 0 Å². The van der Waals surface area contributed by atoms with Crippen LogP contribution < -0.4 is 10.0 Å². The molecule has 8 heteroatoms. The van der Waals surface area contributed by atoms with Crippen molar-refractivity contribution in [3.8, 4) is 0 Å². The number of urea groups is 1. The van der Waals surface area contributed by atoms with Crippen LogP contribution in [0.25, 0.3) is 0 Å². The van der Waals surface area contributed by atoms with Crippen molar-refractivity contribution in [2.45, 2.75) is 12.8 Å². The van der Waals surface area contributed by atoms with Gasteiger partial charge in [-0.25, -0.2) is 22.3 Å². The predicted molar refractivity (Wildman–Crippen MR) is 82.6 cm³/mol. The number of nitrogens with zero attached hydrogens (tertiary/aromatic N) is 1. The lowest BCUT2D eigenvalue weighted by Crippen LogP contribution is -2.45. The summed E-state index contributed by atoms with van der Waals surface area (Å²) >= 11 is 0. The van der Waals surface area contributed by atoms with Crippen molar-refractivity contribution >= 4 is 21.7 Å². The minimum Gasteiger partial charge on any atom is -0.324 e. The fourth-order valence-electron chi connectivity index (χ4n) is 2.42. The third-order valence-corrected chi connectivity index (χ3v) is 4.23. The Morgan fingerprint density at radius 2 is 2.05 bits per heavy atom. The van der Waals surface area contributed by atoms with Gasteiger partial charge < -0.3 is 10.2 Å². The molecular formula is C14H20FN3O3S. The van der Waals surface area contributed by atoms with E-state index in [1.54, 1.807) is 4.90 Å². The minimum absolute atomic E-state index is 0.0995. The zero-order chi connectivity index (χ0) is 16.2. The quantitative estimate of drug-likeness (QED) is 0.881. The second-order valence-electron chi connectivity index (χ2n) is 5.51. The summed E-state index contributed by atoms with van der Waals surface area (Å²) < 4.78 is 37.6. The first kappa shape index (κ1) is 16.7. The van der Waals surface area contributed by atoms with Gasteiger partial charge in [0.2, 0.25) is 10.0 Å². The molecular weight excluding hydrogens is 309 g/mol. The highest BCUT2D eigenvalue weighted by molar-refractivity contribution is 7.88. The van der Waals surface area contributed by atoms with Gasteiger partial charge in [-0.2, -0.15) is 0 Å². The molecule has 0 saturated carbocycles. The number of piperidine rings is 1. The van der Waals surface area contributed by atoms with Gasteiger partial charge in [0.05, 0.1) is 6.26 Å². The monoisotopic (exact) mass is 329 g/mol. The average Bonchev–Trinajstić information content (AvgIpc) is 2.47. The van der Waals surface area contributed by atoms with E-state index >= 15 is 0 Å². The second-order valence-corrected chi connectivity index (χ2v) is 7.34. The second kappa shape index (κ2) is 7.06. The van der Waals surface area contributed by atoms with Gasteiger partial charge in [-0.05, 0) is 43.0 Å². The van der Waals surface area contributed by atoms with Gasteiger partial charge in [-0.1, -0.05) is 0 Å². The number of hydrogen-bond acceptors (Lipinski definition) is 3. The standard InChI is InChI=1S/C14H20FN3O3S/c1-22(20,21)16-9-11-3-2-8-18(10-11)14(19)17-13-6-4-12(15)5-7-13/h4-7,11,16H,2-3,8-10H2,1H3,(H,17,19)/t11-/m0/s1. The number of likely N-dealkylation sites (tertiary alicyclic amines) is 1. The van der Waals surface area contributed by atoms with Crippen molar-refractivity contribution in [2.24, 2.45) is 5.92 Å². The van der Waals surface area contributed by atoms with Gasteiger partial charge in [0, 0.05) is 25.3 Å². The Bertz CT molecular complexity index is 619. The first-order valence-electron chi connectivity index (χ1n) is 7.09. The lowest BCUT2D eigenvalue weighted by atomic mass is 9.99. The van der Waals surface area contributed by atoms with E-state index in [4.69, 9.17) is 0 Å². The normalized spacial score (nSPS) is 19.0. The maximum atomic E-state index is 12.8. The van der Waals surface area contributed by atoms with Gasteiger partial charge >= 0.3 is 6.03 Å². The minimum atomic E-state index is -3.22. The number of hydrogen-bond donors (Lipinski definition) is 2. The van der Waals surface area contributed by atoms with E-state index in [9.17, 15) is 17.6 Å². The number of anilines is 1. The molecule has 0 spiro atoms. The largest absolute Gasteiger partial charge is 0.324 e. The number of rotatable bonds is 4. The Morgan fingerprint density at radius 3 is 2.68 bits per heavy atom. The Morgan fingerprint density at radius 1 is 1.36 bits per heavy atom. The van der Waals surface area contributed by atoms with Gasteiger partial charge in [-0.15, -0.1) is 0 Å². The Balaban J connectivity index is 1.88.